The van der Waals surface area contributed by atoms with Gasteiger partial charge in [0.1, 0.15) is 11.4 Å². The summed E-state index contributed by atoms with van der Waals surface area (Å²) in [5.74, 6) is -1.22. The monoisotopic (exact) mass is 387 g/mol. The summed E-state index contributed by atoms with van der Waals surface area (Å²) < 4.78 is 31.3. The van der Waals surface area contributed by atoms with Gasteiger partial charge in [0, 0.05) is 13.5 Å². The van der Waals surface area contributed by atoms with Gasteiger partial charge < -0.3 is 4.74 Å². The highest BCUT2D eigenvalue weighted by Crippen LogP contribution is 2.28. The zero-order valence-corrected chi connectivity index (χ0v) is 16.0. The summed E-state index contributed by atoms with van der Waals surface area (Å²) >= 11 is 0. The Kier molecular flexibility index (Phi) is 5.43. The van der Waals surface area contributed by atoms with Crippen molar-refractivity contribution in [1.82, 2.24) is 4.90 Å². The SMILES string of the molecule is CO[C@@H]1C[C@@H](S(=O)(=O)c2ccc(C)cc2)C(=O)N(Cc2ccccc2)C1=O. The molecule has 1 heterocycles. The fourth-order valence-corrected chi connectivity index (χ4v) is 4.79. The van der Waals surface area contributed by atoms with Crippen molar-refractivity contribution >= 4 is 21.7 Å². The summed E-state index contributed by atoms with van der Waals surface area (Å²) in [6, 6.07) is 15.3. The Morgan fingerprint density at radius 2 is 1.63 bits per heavy atom. The van der Waals surface area contributed by atoms with Crippen LogP contribution < -0.4 is 0 Å². The lowest BCUT2D eigenvalue weighted by atomic mass is 10.0. The molecule has 1 fully saturated rings. The number of sulfone groups is 1. The van der Waals surface area contributed by atoms with Crippen LogP contribution in [-0.4, -0.2) is 43.6 Å². The molecule has 0 N–H and O–H groups in total. The van der Waals surface area contributed by atoms with Gasteiger partial charge in [-0.2, -0.15) is 0 Å². The van der Waals surface area contributed by atoms with Crippen LogP contribution in [0.25, 0.3) is 0 Å². The van der Waals surface area contributed by atoms with Gasteiger partial charge in [0.25, 0.3) is 5.91 Å². The van der Waals surface area contributed by atoms with Crippen LogP contribution in [0.15, 0.2) is 59.5 Å². The van der Waals surface area contributed by atoms with Crippen molar-refractivity contribution in [3.63, 3.8) is 0 Å². The molecule has 0 bridgehead atoms. The zero-order valence-electron chi connectivity index (χ0n) is 15.2. The molecule has 1 aliphatic heterocycles. The number of nitrogens with zero attached hydrogens (tertiary/aromatic N) is 1. The van der Waals surface area contributed by atoms with E-state index in [0.717, 1.165) is 16.0 Å². The number of carbonyl (C=O) groups excluding carboxylic acids is 2. The largest absolute Gasteiger partial charge is 0.372 e. The van der Waals surface area contributed by atoms with E-state index in [0.29, 0.717) is 0 Å². The minimum absolute atomic E-state index is 0.0122. The molecule has 27 heavy (non-hydrogen) atoms. The Morgan fingerprint density at radius 1 is 1.00 bits per heavy atom. The lowest BCUT2D eigenvalue weighted by Crippen LogP contribution is -2.56. The maximum atomic E-state index is 13.1. The molecule has 0 saturated carbocycles. The summed E-state index contributed by atoms with van der Waals surface area (Å²) in [7, 11) is -2.60. The Hall–Kier alpha value is -2.51. The van der Waals surface area contributed by atoms with Gasteiger partial charge in [0.15, 0.2) is 9.84 Å². The number of likely N-dealkylation sites (tertiary alicyclic amines) is 1. The highest BCUT2D eigenvalue weighted by atomic mass is 32.2. The summed E-state index contributed by atoms with van der Waals surface area (Å²) in [6.07, 6.45) is -1.16. The predicted molar refractivity (Wildman–Crippen MR) is 99.6 cm³/mol. The Labute approximate surface area is 158 Å². The number of hydrogen-bond donors (Lipinski definition) is 0. The molecule has 7 heteroatoms. The Bertz CT molecular complexity index is 938. The average Bonchev–Trinajstić information content (AvgIpc) is 2.66. The van der Waals surface area contributed by atoms with Crippen molar-refractivity contribution in [3.05, 3.63) is 65.7 Å². The number of rotatable bonds is 5. The number of hydrogen-bond acceptors (Lipinski definition) is 5. The van der Waals surface area contributed by atoms with E-state index in [1.807, 2.05) is 13.0 Å². The van der Waals surface area contributed by atoms with Gasteiger partial charge in [-0.05, 0) is 24.6 Å². The van der Waals surface area contributed by atoms with Crippen LogP contribution in [0.2, 0.25) is 0 Å². The third-order valence-corrected chi connectivity index (χ3v) is 6.78. The van der Waals surface area contributed by atoms with E-state index < -0.39 is 33.0 Å². The molecule has 0 radical (unpaired) electrons. The van der Waals surface area contributed by atoms with E-state index in [-0.39, 0.29) is 17.9 Å². The van der Waals surface area contributed by atoms with E-state index in [9.17, 15) is 18.0 Å². The van der Waals surface area contributed by atoms with E-state index in [2.05, 4.69) is 0 Å². The first-order chi connectivity index (χ1) is 12.8. The lowest BCUT2D eigenvalue weighted by Gasteiger charge is -2.34. The van der Waals surface area contributed by atoms with Gasteiger partial charge in [-0.1, -0.05) is 48.0 Å². The average molecular weight is 387 g/mol. The summed E-state index contributed by atoms with van der Waals surface area (Å²) in [5, 5.41) is -1.36. The van der Waals surface area contributed by atoms with Crippen molar-refractivity contribution in [1.29, 1.82) is 0 Å². The molecule has 2 amide bonds. The fourth-order valence-electron chi connectivity index (χ4n) is 3.12. The van der Waals surface area contributed by atoms with E-state index in [1.54, 1.807) is 36.4 Å². The number of imide groups is 1. The molecule has 2 aromatic rings. The molecule has 0 aromatic heterocycles. The number of piperidine rings is 1. The number of amides is 2. The fraction of sp³-hybridized carbons (Fsp3) is 0.300. The normalized spacial score (nSPS) is 20.7. The first-order valence-electron chi connectivity index (χ1n) is 8.57. The topological polar surface area (TPSA) is 80.8 Å². The minimum atomic E-state index is -3.94. The zero-order chi connectivity index (χ0) is 19.6. The van der Waals surface area contributed by atoms with E-state index >= 15 is 0 Å². The number of ether oxygens (including phenoxy) is 1. The summed E-state index contributed by atoms with van der Waals surface area (Å²) in [4.78, 5) is 26.6. The summed E-state index contributed by atoms with van der Waals surface area (Å²) in [5.41, 5.74) is 1.65. The van der Waals surface area contributed by atoms with Gasteiger partial charge in [0.2, 0.25) is 5.91 Å². The van der Waals surface area contributed by atoms with Crippen molar-refractivity contribution in [2.45, 2.75) is 36.1 Å². The molecule has 0 aliphatic carbocycles. The molecular formula is C20H21NO5S. The number of aryl methyl sites for hydroxylation is 1. The predicted octanol–water partition coefficient (Wildman–Crippen LogP) is 2.11. The van der Waals surface area contributed by atoms with Crippen LogP contribution in [0, 0.1) is 6.92 Å². The minimum Gasteiger partial charge on any atom is -0.372 e. The molecule has 0 spiro atoms. The maximum Gasteiger partial charge on any atom is 0.258 e. The van der Waals surface area contributed by atoms with Gasteiger partial charge in [-0.25, -0.2) is 8.42 Å². The standard InChI is InChI=1S/C20H21NO5S/c1-14-8-10-16(11-9-14)27(24,25)18-12-17(26-2)19(22)21(20(18)23)13-15-6-4-3-5-7-15/h3-11,17-18H,12-13H2,1-2H3/t17-,18-/m1/s1. The van der Waals surface area contributed by atoms with E-state index in [4.69, 9.17) is 4.74 Å². The second-order valence-electron chi connectivity index (χ2n) is 6.55. The third-order valence-electron chi connectivity index (χ3n) is 4.70. The Balaban J connectivity index is 1.96. The Morgan fingerprint density at radius 3 is 2.22 bits per heavy atom. The van der Waals surface area contributed by atoms with Gasteiger partial charge in [0.05, 0.1) is 11.4 Å². The summed E-state index contributed by atoms with van der Waals surface area (Å²) in [6.45, 7) is 1.86. The smallest absolute Gasteiger partial charge is 0.258 e. The van der Waals surface area contributed by atoms with Crippen molar-refractivity contribution in [2.24, 2.45) is 0 Å². The van der Waals surface area contributed by atoms with Crippen LogP contribution in [0.4, 0.5) is 0 Å². The molecular weight excluding hydrogens is 366 g/mol. The van der Waals surface area contributed by atoms with Crippen LogP contribution in [0.5, 0.6) is 0 Å². The van der Waals surface area contributed by atoms with Gasteiger partial charge in [-0.15, -0.1) is 0 Å². The van der Waals surface area contributed by atoms with Crippen LogP contribution in [0.1, 0.15) is 17.5 Å². The molecule has 3 rings (SSSR count). The van der Waals surface area contributed by atoms with E-state index in [1.165, 1.54) is 19.2 Å². The first kappa shape index (κ1) is 19.3. The van der Waals surface area contributed by atoms with Gasteiger partial charge in [-0.3, -0.25) is 14.5 Å². The second kappa shape index (κ2) is 7.62. The van der Waals surface area contributed by atoms with Crippen molar-refractivity contribution in [2.75, 3.05) is 7.11 Å². The number of methoxy groups -OCH3 is 1. The molecule has 2 atom stereocenters. The van der Waals surface area contributed by atoms with Gasteiger partial charge >= 0.3 is 0 Å². The molecule has 1 saturated heterocycles. The first-order valence-corrected chi connectivity index (χ1v) is 10.1. The van der Waals surface area contributed by atoms with Crippen LogP contribution in [0.3, 0.4) is 0 Å². The molecule has 1 aliphatic rings. The maximum absolute atomic E-state index is 13.1. The van der Waals surface area contributed by atoms with Crippen LogP contribution >= 0.6 is 0 Å². The number of carbonyl (C=O) groups is 2. The molecule has 2 aromatic carbocycles. The molecule has 142 valence electrons. The molecule has 0 unspecified atom stereocenters. The van der Waals surface area contributed by atoms with Crippen LogP contribution in [-0.2, 0) is 30.7 Å². The third kappa shape index (κ3) is 3.79. The highest BCUT2D eigenvalue weighted by Gasteiger charge is 2.47. The van der Waals surface area contributed by atoms with Crippen molar-refractivity contribution < 1.29 is 22.7 Å². The molecule has 6 nitrogen and oxygen atoms in total. The number of benzene rings is 2. The second-order valence-corrected chi connectivity index (χ2v) is 8.69. The lowest BCUT2D eigenvalue weighted by molar-refractivity contribution is -0.157. The quantitative estimate of drug-likeness (QED) is 0.734. The highest BCUT2D eigenvalue weighted by molar-refractivity contribution is 7.92. The van der Waals surface area contributed by atoms with Crippen molar-refractivity contribution in [3.8, 4) is 0 Å².